The number of esters is 2. The van der Waals surface area contributed by atoms with Gasteiger partial charge >= 0.3 is 11.9 Å². The summed E-state index contributed by atoms with van der Waals surface area (Å²) in [6.45, 7) is 3.58. The number of nitrogens with one attached hydrogen (secondary N) is 1. The minimum atomic E-state index is -1.19. The smallest absolute Gasteiger partial charge is 0.318 e. The third-order valence-corrected chi connectivity index (χ3v) is 4.81. The summed E-state index contributed by atoms with van der Waals surface area (Å²) in [5.41, 5.74) is 1.30. The zero-order valence-corrected chi connectivity index (χ0v) is 16.3. The number of ether oxygens (including phenoxy) is 2. The zero-order chi connectivity index (χ0) is 20.8. The lowest BCUT2D eigenvalue weighted by molar-refractivity contribution is -0.162. The van der Waals surface area contributed by atoms with Crippen molar-refractivity contribution in [2.75, 3.05) is 13.2 Å². The Morgan fingerprint density at radius 1 is 0.897 bits per heavy atom. The second-order valence-corrected chi connectivity index (χ2v) is 6.56. The molecule has 0 bridgehead atoms. The van der Waals surface area contributed by atoms with E-state index in [4.69, 9.17) is 9.47 Å². The van der Waals surface area contributed by atoms with Crippen LogP contribution in [0.15, 0.2) is 49.1 Å². The Morgan fingerprint density at radius 2 is 1.34 bits per heavy atom. The summed E-state index contributed by atoms with van der Waals surface area (Å²) in [6, 6.07) is 5.59. The van der Waals surface area contributed by atoms with E-state index in [1.165, 1.54) is 0 Å². The molecule has 8 heteroatoms. The molecule has 0 amide bonds. The Hall–Kier alpha value is -3.13. The molecule has 1 aliphatic rings. The first kappa shape index (κ1) is 20.6. The SMILES string of the molecule is CCOC(=O)[C@H]1C(=O)[C@H](C(=O)OCC)[C@@H](c2cccnc2)N[C@@H]1c1cccnc1. The summed E-state index contributed by atoms with van der Waals surface area (Å²) in [6.07, 6.45) is 6.38. The van der Waals surface area contributed by atoms with E-state index in [0.717, 1.165) is 0 Å². The van der Waals surface area contributed by atoms with E-state index in [1.807, 2.05) is 0 Å². The van der Waals surface area contributed by atoms with Gasteiger partial charge in [0, 0.05) is 24.8 Å². The Balaban J connectivity index is 2.08. The van der Waals surface area contributed by atoms with Crippen LogP contribution in [0.2, 0.25) is 0 Å². The standard InChI is InChI=1S/C21H23N3O5/c1-3-28-20(26)15-17(13-7-5-9-22-11-13)24-18(14-8-6-10-23-12-14)16(19(15)25)21(27)29-4-2/h5-12,15-18,24H,3-4H2,1-2H3/t15-,16-,17-,18-/m1/s1. The summed E-state index contributed by atoms with van der Waals surface area (Å²) in [5, 5.41) is 3.29. The molecule has 1 aliphatic heterocycles. The van der Waals surface area contributed by atoms with Gasteiger partial charge in [0.15, 0.2) is 5.78 Å². The van der Waals surface area contributed by atoms with Gasteiger partial charge < -0.3 is 14.8 Å². The number of carbonyl (C=O) groups is 3. The minimum Gasteiger partial charge on any atom is -0.465 e. The lowest BCUT2D eigenvalue weighted by atomic mass is 9.75. The maximum absolute atomic E-state index is 13.4. The number of piperidine rings is 1. The van der Waals surface area contributed by atoms with Gasteiger partial charge in [-0.15, -0.1) is 0 Å². The quantitative estimate of drug-likeness (QED) is 0.581. The number of hydrogen-bond acceptors (Lipinski definition) is 8. The van der Waals surface area contributed by atoms with Gasteiger partial charge in [0.2, 0.25) is 0 Å². The molecule has 1 saturated heterocycles. The van der Waals surface area contributed by atoms with Crippen molar-refractivity contribution in [3.63, 3.8) is 0 Å². The lowest BCUT2D eigenvalue weighted by Crippen LogP contribution is -2.54. The first-order valence-corrected chi connectivity index (χ1v) is 9.51. The van der Waals surface area contributed by atoms with E-state index in [9.17, 15) is 14.4 Å². The average Bonchev–Trinajstić information content (AvgIpc) is 2.74. The molecule has 0 aliphatic carbocycles. The van der Waals surface area contributed by atoms with Gasteiger partial charge in [-0.3, -0.25) is 24.4 Å². The Kier molecular flexibility index (Phi) is 6.66. The number of aromatic nitrogens is 2. The predicted molar refractivity (Wildman–Crippen MR) is 102 cm³/mol. The van der Waals surface area contributed by atoms with Crippen molar-refractivity contribution in [2.45, 2.75) is 25.9 Å². The van der Waals surface area contributed by atoms with Crippen molar-refractivity contribution >= 4 is 17.7 Å². The molecule has 0 saturated carbocycles. The van der Waals surface area contributed by atoms with Gasteiger partial charge in [-0.25, -0.2) is 0 Å². The molecule has 0 spiro atoms. The largest absolute Gasteiger partial charge is 0.465 e. The van der Waals surface area contributed by atoms with Crippen LogP contribution in [0.25, 0.3) is 0 Å². The topological polar surface area (TPSA) is 107 Å². The number of pyridine rings is 2. The van der Waals surface area contributed by atoms with Gasteiger partial charge in [-0.05, 0) is 37.1 Å². The van der Waals surface area contributed by atoms with Crippen LogP contribution in [-0.4, -0.2) is 40.9 Å². The second kappa shape index (κ2) is 9.38. The minimum absolute atomic E-state index is 0.123. The van der Waals surface area contributed by atoms with Crippen LogP contribution in [0, 0.1) is 11.8 Å². The molecule has 3 rings (SSSR count). The maximum atomic E-state index is 13.4. The monoisotopic (exact) mass is 397 g/mol. The molecule has 152 valence electrons. The number of carbonyl (C=O) groups excluding carboxylic acids is 3. The van der Waals surface area contributed by atoms with Crippen LogP contribution in [0.5, 0.6) is 0 Å². The number of rotatable bonds is 6. The van der Waals surface area contributed by atoms with Gasteiger partial charge in [-0.2, -0.15) is 0 Å². The molecule has 1 fully saturated rings. The van der Waals surface area contributed by atoms with Crippen molar-refractivity contribution in [3.8, 4) is 0 Å². The van der Waals surface area contributed by atoms with E-state index in [2.05, 4.69) is 15.3 Å². The molecule has 0 radical (unpaired) electrons. The summed E-state index contributed by atoms with van der Waals surface area (Å²) < 4.78 is 10.3. The van der Waals surface area contributed by atoms with Crippen molar-refractivity contribution in [3.05, 3.63) is 60.2 Å². The fourth-order valence-electron chi connectivity index (χ4n) is 3.57. The highest BCUT2D eigenvalue weighted by Gasteiger charge is 2.52. The zero-order valence-electron chi connectivity index (χ0n) is 16.3. The van der Waals surface area contributed by atoms with Crippen molar-refractivity contribution < 1.29 is 23.9 Å². The Morgan fingerprint density at radius 3 is 1.69 bits per heavy atom. The lowest BCUT2D eigenvalue weighted by Gasteiger charge is -2.39. The third-order valence-electron chi connectivity index (χ3n) is 4.81. The third kappa shape index (κ3) is 4.32. The maximum Gasteiger partial charge on any atom is 0.318 e. The second-order valence-electron chi connectivity index (χ2n) is 6.56. The summed E-state index contributed by atoms with van der Waals surface area (Å²) in [4.78, 5) is 47.0. The molecule has 2 aromatic heterocycles. The first-order chi connectivity index (χ1) is 14.1. The molecule has 8 nitrogen and oxygen atoms in total. The van der Waals surface area contributed by atoms with Gasteiger partial charge in [0.25, 0.3) is 0 Å². The molecule has 2 aromatic rings. The highest BCUT2D eigenvalue weighted by atomic mass is 16.5. The Bertz CT molecular complexity index is 790. The van der Waals surface area contributed by atoms with E-state index in [1.54, 1.807) is 62.9 Å². The van der Waals surface area contributed by atoms with Gasteiger partial charge in [0.1, 0.15) is 11.8 Å². The molecule has 4 atom stereocenters. The van der Waals surface area contributed by atoms with Crippen LogP contribution in [-0.2, 0) is 23.9 Å². The van der Waals surface area contributed by atoms with E-state index >= 15 is 0 Å². The van der Waals surface area contributed by atoms with Crippen LogP contribution in [0.3, 0.4) is 0 Å². The van der Waals surface area contributed by atoms with Gasteiger partial charge in [-0.1, -0.05) is 12.1 Å². The molecule has 0 aromatic carbocycles. The van der Waals surface area contributed by atoms with Gasteiger partial charge in [0.05, 0.1) is 25.3 Å². The molecule has 1 N–H and O–H groups in total. The normalized spacial score (nSPS) is 24.0. The van der Waals surface area contributed by atoms with E-state index in [-0.39, 0.29) is 13.2 Å². The van der Waals surface area contributed by atoms with Crippen molar-refractivity contribution in [1.82, 2.24) is 15.3 Å². The fourth-order valence-corrected chi connectivity index (χ4v) is 3.57. The number of Topliss-reactive ketones (excluding diaryl/α,β-unsaturated/α-hetero) is 1. The fraction of sp³-hybridized carbons (Fsp3) is 0.381. The summed E-state index contributed by atoms with van der Waals surface area (Å²) >= 11 is 0. The van der Waals surface area contributed by atoms with Crippen molar-refractivity contribution in [2.24, 2.45) is 11.8 Å². The van der Waals surface area contributed by atoms with E-state index in [0.29, 0.717) is 11.1 Å². The number of hydrogen-bond donors (Lipinski definition) is 1. The van der Waals surface area contributed by atoms with Crippen LogP contribution in [0.1, 0.15) is 37.1 Å². The highest BCUT2D eigenvalue weighted by Crippen LogP contribution is 2.39. The average molecular weight is 397 g/mol. The van der Waals surface area contributed by atoms with E-state index < -0.39 is 41.6 Å². The molecule has 3 heterocycles. The number of nitrogens with zero attached hydrogens (tertiary/aromatic N) is 2. The molecule has 0 unspecified atom stereocenters. The Labute approximate surface area is 168 Å². The predicted octanol–water partition coefficient (Wildman–Crippen LogP) is 1.79. The first-order valence-electron chi connectivity index (χ1n) is 9.51. The van der Waals surface area contributed by atoms with Crippen LogP contribution < -0.4 is 5.32 Å². The van der Waals surface area contributed by atoms with Crippen LogP contribution in [0.4, 0.5) is 0 Å². The van der Waals surface area contributed by atoms with Crippen molar-refractivity contribution in [1.29, 1.82) is 0 Å². The molecule has 29 heavy (non-hydrogen) atoms. The summed E-state index contributed by atoms with van der Waals surface area (Å²) in [5.74, 6) is -4.29. The molecular formula is C21H23N3O5. The van der Waals surface area contributed by atoms with Crippen LogP contribution >= 0.6 is 0 Å². The molecular weight excluding hydrogens is 374 g/mol. The summed E-state index contributed by atoms with van der Waals surface area (Å²) in [7, 11) is 0. The highest BCUT2D eigenvalue weighted by molar-refractivity contribution is 6.10. The number of ketones is 1.